The summed E-state index contributed by atoms with van der Waals surface area (Å²) in [5, 5.41) is 4.36. The van der Waals surface area contributed by atoms with Crippen LogP contribution in [0.5, 0.6) is 0 Å². The molecule has 0 aliphatic heterocycles. The van der Waals surface area contributed by atoms with E-state index in [-0.39, 0.29) is 0 Å². The topological polar surface area (TPSA) is 24.7 Å². The standard InChI is InChI=1S/C3H5NS.C2H3NS/c1-2-4-3-5;1-3-2-4/h2H2,1H3;1H3. The number of hydrogen-bond donors (Lipinski definition) is 0. The molecule has 0 unspecified atom stereocenters. The maximum Gasteiger partial charge on any atom is 0.0584 e. The first-order chi connectivity index (χ1) is 4.33. The zero-order valence-electron chi connectivity index (χ0n) is 5.42. The predicted octanol–water partition coefficient (Wildman–Crippen LogP) is 1.83. The Morgan fingerprint density at radius 3 is 1.78 bits per heavy atom. The molecule has 0 saturated carbocycles. The number of rotatable bonds is 1. The summed E-state index contributed by atoms with van der Waals surface area (Å²) < 4.78 is 0. The van der Waals surface area contributed by atoms with Crippen LogP contribution in [0.1, 0.15) is 6.92 Å². The SMILES string of the molecule is CCN=C=S.CN=C=S. The fourth-order valence-electron chi connectivity index (χ4n) is 0.0645. The molecule has 0 aromatic rings. The summed E-state index contributed by atoms with van der Waals surface area (Å²) in [4.78, 5) is 6.84. The lowest BCUT2D eigenvalue weighted by Gasteiger charge is -1.60. The van der Waals surface area contributed by atoms with E-state index >= 15 is 0 Å². The van der Waals surface area contributed by atoms with Gasteiger partial charge in [-0.2, -0.15) is 0 Å². The van der Waals surface area contributed by atoms with E-state index in [2.05, 4.69) is 44.7 Å². The van der Waals surface area contributed by atoms with Gasteiger partial charge in [0.1, 0.15) is 0 Å². The molecule has 2 nitrogen and oxygen atoms in total. The Bertz CT molecular complexity index is 132. The molecule has 4 heteroatoms. The smallest absolute Gasteiger partial charge is 0.0584 e. The highest BCUT2D eigenvalue weighted by atomic mass is 32.1. The Balaban J connectivity index is 0. The summed E-state index contributed by atoms with van der Waals surface area (Å²) in [6, 6.07) is 0. The van der Waals surface area contributed by atoms with Crippen molar-refractivity contribution < 1.29 is 0 Å². The summed E-state index contributed by atoms with van der Waals surface area (Å²) >= 11 is 8.37. The van der Waals surface area contributed by atoms with Crippen molar-refractivity contribution in [2.75, 3.05) is 13.6 Å². The van der Waals surface area contributed by atoms with Crippen LogP contribution in [0.25, 0.3) is 0 Å². The monoisotopic (exact) mass is 160 g/mol. The average Bonchev–Trinajstić information content (AvgIpc) is 1.91. The molecule has 0 bridgehead atoms. The fourth-order valence-corrected chi connectivity index (χ4v) is 0.194. The Morgan fingerprint density at radius 2 is 1.78 bits per heavy atom. The molecule has 0 spiro atoms. The minimum absolute atomic E-state index is 0.753. The second kappa shape index (κ2) is 15.6. The third kappa shape index (κ3) is 35.3. The molecule has 0 aromatic heterocycles. The lowest BCUT2D eigenvalue weighted by Crippen LogP contribution is -1.57. The number of hydrogen-bond acceptors (Lipinski definition) is 4. The van der Waals surface area contributed by atoms with E-state index in [1.165, 1.54) is 0 Å². The Kier molecular flexibility index (Phi) is 19.8. The molecule has 0 amide bonds. The van der Waals surface area contributed by atoms with Crippen LogP contribution < -0.4 is 0 Å². The quantitative estimate of drug-likeness (QED) is 0.432. The van der Waals surface area contributed by atoms with E-state index in [4.69, 9.17) is 0 Å². The van der Waals surface area contributed by atoms with Crippen LogP contribution in [0, 0.1) is 0 Å². The van der Waals surface area contributed by atoms with E-state index in [0.29, 0.717) is 0 Å². The molecule has 0 aliphatic rings. The van der Waals surface area contributed by atoms with E-state index in [0.717, 1.165) is 6.54 Å². The van der Waals surface area contributed by atoms with Crippen LogP contribution in [-0.2, 0) is 0 Å². The minimum Gasteiger partial charge on any atom is -0.236 e. The van der Waals surface area contributed by atoms with Crippen LogP contribution >= 0.6 is 24.4 Å². The summed E-state index contributed by atoms with van der Waals surface area (Å²) in [6.45, 7) is 2.67. The van der Waals surface area contributed by atoms with Gasteiger partial charge in [0.15, 0.2) is 0 Å². The molecule has 0 aliphatic carbocycles. The van der Waals surface area contributed by atoms with Gasteiger partial charge in [-0.25, -0.2) is 9.98 Å². The zero-order chi connectivity index (χ0) is 7.54. The van der Waals surface area contributed by atoms with Gasteiger partial charge < -0.3 is 0 Å². The van der Waals surface area contributed by atoms with Crippen LogP contribution in [-0.4, -0.2) is 23.9 Å². The molecule has 50 valence electrons. The molecule has 0 rings (SSSR count). The summed E-state index contributed by atoms with van der Waals surface area (Å²) in [7, 11) is 1.59. The highest BCUT2D eigenvalue weighted by molar-refractivity contribution is 7.78. The molecule has 0 atom stereocenters. The predicted molar refractivity (Wildman–Crippen MR) is 46.5 cm³/mol. The molecular weight excluding hydrogens is 152 g/mol. The first-order valence-corrected chi connectivity index (χ1v) is 3.14. The van der Waals surface area contributed by atoms with Crippen molar-refractivity contribution in [2.45, 2.75) is 6.92 Å². The summed E-state index contributed by atoms with van der Waals surface area (Å²) in [6.07, 6.45) is 0. The largest absolute Gasteiger partial charge is 0.236 e. The first-order valence-electron chi connectivity index (χ1n) is 2.33. The van der Waals surface area contributed by atoms with E-state index in [1.54, 1.807) is 7.05 Å². The lowest BCUT2D eigenvalue weighted by atomic mass is 10.8. The minimum atomic E-state index is 0.753. The average molecular weight is 160 g/mol. The zero-order valence-corrected chi connectivity index (χ0v) is 7.05. The van der Waals surface area contributed by atoms with Crippen molar-refractivity contribution in [3.8, 4) is 0 Å². The van der Waals surface area contributed by atoms with E-state index in [9.17, 15) is 0 Å². The third-order valence-corrected chi connectivity index (χ3v) is 0.626. The van der Waals surface area contributed by atoms with Crippen molar-refractivity contribution in [3.63, 3.8) is 0 Å². The summed E-state index contributed by atoms with van der Waals surface area (Å²) in [5.41, 5.74) is 0. The van der Waals surface area contributed by atoms with Gasteiger partial charge in [-0.15, -0.1) is 0 Å². The van der Waals surface area contributed by atoms with Crippen LogP contribution in [0.3, 0.4) is 0 Å². The van der Waals surface area contributed by atoms with Crippen molar-refractivity contribution >= 4 is 34.8 Å². The van der Waals surface area contributed by atoms with Crippen molar-refractivity contribution in [1.29, 1.82) is 0 Å². The van der Waals surface area contributed by atoms with Crippen LogP contribution in [0.15, 0.2) is 9.98 Å². The maximum absolute atomic E-state index is 4.23. The van der Waals surface area contributed by atoms with Crippen molar-refractivity contribution in [1.82, 2.24) is 0 Å². The van der Waals surface area contributed by atoms with Gasteiger partial charge in [-0.1, -0.05) is 0 Å². The van der Waals surface area contributed by atoms with Gasteiger partial charge in [-0.3, -0.25) is 0 Å². The molecule has 0 radical (unpaired) electrons. The molecule has 0 aromatic carbocycles. The van der Waals surface area contributed by atoms with Crippen molar-refractivity contribution in [2.24, 2.45) is 9.98 Å². The molecular formula is C5H8N2S2. The second-order valence-electron chi connectivity index (χ2n) is 0.881. The molecule has 9 heavy (non-hydrogen) atoms. The molecule has 0 fully saturated rings. The first kappa shape index (κ1) is 11.4. The van der Waals surface area contributed by atoms with Gasteiger partial charge >= 0.3 is 0 Å². The second-order valence-corrected chi connectivity index (χ2v) is 1.25. The highest BCUT2D eigenvalue weighted by Gasteiger charge is 1.49. The molecule has 0 heterocycles. The number of thiocarbonyl (C=S) groups is 2. The molecule has 0 saturated heterocycles. The van der Waals surface area contributed by atoms with Gasteiger partial charge in [0.2, 0.25) is 0 Å². The van der Waals surface area contributed by atoms with Gasteiger partial charge in [-0.05, 0) is 31.4 Å². The Morgan fingerprint density at radius 1 is 1.33 bits per heavy atom. The third-order valence-electron chi connectivity index (χ3n) is 0.314. The molecule has 0 N–H and O–H groups in total. The van der Waals surface area contributed by atoms with E-state index in [1.807, 2.05) is 6.92 Å². The Labute approximate surface area is 65.7 Å². The maximum atomic E-state index is 4.23. The number of isothiocyanates is 2. The van der Waals surface area contributed by atoms with E-state index < -0.39 is 0 Å². The van der Waals surface area contributed by atoms with Gasteiger partial charge in [0.05, 0.1) is 10.3 Å². The lowest BCUT2D eigenvalue weighted by molar-refractivity contribution is 1.15. The Hall–Kier alpha value is -0.400. The van der Waals surface area contributed by atoms with Gasteiger partial charge in [0.25, 0.3) is 0 Å². The number of nitrogens with zero attached hydrogens (tertiary/aromatic N) is 2. The van der Waals surface area contributed by atoms with Crippen molar-refractivity contribution in [3.05, 3.63) is 0 Å². The number of aliphatic imine (C=N–C) groups is 2. The van der Waals surface area contributed by atoms with Crippen LogP contribution in [0.4, 0.5) is 0 Å². The normalized spacial score (nSPS) is 5.11. The van der Waals surface area contributed by atoms with Crippen LogP contribution in [0.2, 0.25) is 0 Å². The highest BCUT2D eigenvalue weighted by Crippen LogP contribution is 1.55. The summed E-state index contributed by atoms with van der Waals surface area (Å²) in [5.74, 6) is 0. The fraction of sp³-hybridized carbons (Fsp3) is 0.600. The van der Waals surface area contributed by atoms with Gasteiger partial charge in [0, 0.05) is 13.6 Å².